The van der Waals surface area contributed by atoms with Gasteiger partial charge in [0.05, 0.1) is 38.9 Å². The van der Waals surface area contributed by atoms with Crippen LogP contribution in [0.4, 0.5) is 11.4 Å². The van der Waals surface area contributed by atoms with Crippen LogP contribution >= 0.6 is 11.3 Å². The van der Waals surface area contributed by atoms with Crippen LogP contribution in [0.25, 0.3) is 17.4 Å². The van der Waals surface area contributed by atoms with Crippen LogP contribution in [-0.2, 0) is 4.79 Å². The summed E-state index contributed by atoms with van der Waals surface area (Å²) in [7, 11) is 0. The summed E-state index contributed by atoms with van der Waals surface area (Å²) in [5.41, 5.74) is 2.84. The average Bonchev–Trinajstić information content (AvgIpc) is 3.61. The second-order valence-corrected chi connectivity index (χ2v) is 11.4. The van der Waals surface area contributed by atoms with E-state index in [0.29, 0.717) is 61.3 Å². The van der Waals surface area contributed by atoms with E-state index < -0.39 is 11.0 Å². The van der Waals surface area contributed by atoms with Crippen molar-refractivity contribution in [2.75, 3.05) is 11.9 Å². The molecule has 45 heavy (non-hydrogen) atoms. The lowest BCUT2D eigenvalue weighted by molar-refractivity contribution is -0.384. The van der Waals surface area contributed by atoms with E-state index in [9.17, 15) is 19.7 Å². The van der Waals surface area contributed by atoms with Gasteiger partial charge in [0, 0.05) is 17.8 Å². The van der Waals surface area contributed by atoms with Gasteiger partial charge >= 0.3 is 0 Å². The Balaban J connectivity index is 1.44. The third-order valence-electron chi connectivity index (χ3n) is 7.32. The van der Waals surface area contributed by atoms with E-state index in [1.54, 1.807) is 56.3 Å². The standard InChI is InChI=1S/C34H28N4O6S/c1-4-43-24-13-11-22(12-14-24)31-30(32(39)36-23-8-6-5-7-9-23)21(3)35-34-37(31)33(40)29(45-34)19-25-15-17-28(44-25)26-16-10-20(2)18-27(26)38(41)42/h5-19,31H,4H2,1-3H3,(H,36,39)/b29-19-/t31-/m1/s1. The lowest BCUT2D eigenvalue weighted by Gasteiger charge is -2.25. The van der Waals surface area contributed by atoms with Crippen LogP contribution in [0.1, 0.15) is 36.8 Å². The third kappa shape index (κ3) is 5.85. The molecule has 0 aliphatic carbocycles. The normalized spacial score (nSPS) is 14.6. The molecule has 3 aromatic carbocycles. The van der Waals surface area contributed by atoms with Gasteiger partial charge in [-0.2, -0.15) is 0 Å². The average molecular weight is 621 g/mol. The number of anilines is 1. The Kier molecular flexibility index (Phi) is 8.01. The number of allylic oxidation sites excluding steroid dienone is 1. The highest BCUT2D eigenvalue weighted by Crippen LogP contribution is 2.33. The quantitative estimate of drug-likeness (QED) is 0.174. The van der Waals surface area contributed by atoms with E-state index in [0.717, 1.165) is 5.56 Å². The first-order chi connectivity index (χ1) is 21.7. The van der Waals surface area contributed by atoms with E-state index in [4.69, 9.17) is 9.15 Å². The van der Waals surface area contributed by atoms with Crippen molar-refractivity contribution in [2.45, 2.75) is 26.8 Å². The Labute approximate surface area is 261 Å². The molecule has 0 fully saturated rings. The SMILES string of the molecule is CCOc1ccc([C@@H]2C(C(=O)Nc3ccccc3)=C(C)N=c3s/c(=C\c4ccc(-c5ccc(C)cc5[N+](=O)[O-])o4)c(=O)n32)cc1. The number of furan rings is 1. The summed E-state index contributed by atoms with van der Waals surface area (Å²) >= 11 is 1.17. The number of nitrogens with zero attached hydrogens (tertiary/aromatic N) is 3. The first kappa shape index (κ1) is 29.5. The number of carbonyl (C=O) groups excluding carboxylic acids is 1. The number of hydrogen-bond acceptors (Lipinski definition) is 8. The summed E-state index contributed by atoms with van der Waals surface area (Å²) < 4.78 is 13.4. The highest BCUT2D eigenvalue weighted by molar-refractivity contribution is 7.07. The van der Waals surface area contributed by atoms with Crippen molar-refractivity contribution >= 4 is 34.7 Å². The topological polar surface area (TPSA) is 129 Å². The number of benzene rings is 3. The molecule has 1 atom stereocenters. The lowest BCUT2D eigenvalue weighted by Crippen LogP contribution is -2.40. The van der Waals surface area contributed by atoms with Gasteiger partial charge in [-0.15, -0.1) is 0 Å². The van der Waals surface area contributed by atoms with Gasteiger partial charge in [0.1, 0.15) is 17.3 Å². The van der Waals surface area contributed by atoms with Gasteiger partial charge < -0.3 is 14.5 Å². The summed E-state index contributed by atoms with van der Waals surface area (Å²) in [6, 6.07) is 23.8. The fourth-order valence-corrected chi connectivity index (χ4v) is 6.29. The number of aromatic nitrogens is 1. The maximum atomic E-state index is 14.0. The summed E-state index contributed by atoms with van der Waals surface area (Å²) in [5.74, 6) is 0.960. The van der Waals surface area contributed by atoms with Crippen LogP contribution in [-0.4, -0.2) is 22.0 Å². The Morgan fingerprint density at radius 2 is 1.84 bits per heavy atom. The fourth-order valence-electron chi connectivity index (χ4n) is 5.27. The molecule has 11 heteroatoms. The van der Waals surface area contributed by atoms with Crippen molar-refractivity contribution in [1.29, 1.82) is 0 Å². The molecule has 0 unspecified atom stereocenters. The van der Waals surface area contributed by atoms with Crippen LogP contribution in [0, 0.1) is 17.0 Å². The van der Waals surface area contributed by atoms with Crippen molar-refractivity contribution in [3.8, 4) is 17.1 Å². The summed E-state index contributed by atoms with van der Waals surface area (Å²) in [4.78, 5) is 44.1. The van der Waals surface area contributed by atoms with Gasteiger partial charge in [0.25, 0.3) is 17.2 Å². The van der Waals surface area contributed by atoms with Crippen molar-refractivity contribution in [1.82, 2.24) is 4.57 Å². The van der Waals surface area contributed by atoms with Gasteiger partial charge in [-0.25, -0.2) is 4.99 Å². The van der Waals surface area contributed by atoms with Crippen molar-refractivity contribution < 1.29 is 18.9 Å². The highest BCUT2D eigenvalue weighted by Gasteiger charge is 2.32. The highest BCUT2D eigenvalue weighted by atomic mass is 32.1. The molecule has 6 rings (SSSR count). The first-order valence-corrected chi connectivity index (χ1v) is 15.0. The number of amides is 1. The number of thiazole rings is 1. The second-order valence-electron chi connectivity index (χ2n) is 10.4. The van der Waals surface area contributed by atoms with Crippen molar-refractivity contribution in [2.24, 2.45) is 4.99 Å². The Morgan fingerprint density at radius 3 is 2.56 bits per heavy atom. The Bertz CT molecular complexity index is 2140. The molecule has 0 saturated heterocycles. The number of nitro benzene ring substituents is 1. The largest absolute Gasteiger partial charge is 0.494 e. The molecule has 10 nitrogen and oxygen atoms in total. The molecule has 1 aliphatic rings. The van der Waals surface area contributed by atoms with Crippen LogP contribution in [0.15, 0.2) is 110 Å². The van der Waals surface area contributed by atoms with Crippen LogP contribution in [0.3, 0.4) is 0 Å². The molecule has 0 spiro atoms. The van der Waals surface area contributed by atoms with Gasteiger partial charge in [0.15, 0.2) is 4.80 Å². The molecule has 1 amide bonds. The van der Waals surface area contributed by atoms with E-state index >= 15 is 0 Å². The molecule has 1 aliphatic heterocycles. The third-order valence-corrected chi connectivity index (χ3v) is 8.30. The number of aryl methyl sites for hydroxylation is 1. The molecule has 0 radical (unpaired) electrons. The summed E-state index contributed by atoms with van der Waals surface area (Å²) in [5, 5.41) is 14.6. The molecule has 0 saturated carbocycles. The molecule has 5 aromatic rings. The number of nitro groups is 1. The number of para-hydroxylation sites is 1. The fraction of sp³-hybridized carbons (Fsp3) is 0.147. The molecule has 2 aromatic heterocycles. The Morgan fingerprint density at radius 1 is 1.09 bits per heavy atom. The number of nitrogens with one attached hydrogen (secondary N) is 1. The second kappa shape index (κ2) is 12.2. The van der Waals surface area contributed by atoms with Gasteiger partial charge in [-0.05, 0) is 74.4 Å². The molecular formula is C34H28N4O6S. The van der Waals surface area contributed by atoms with Crippen molar-refractivity contribution in [3.05, 3.63) is 143 Å². The molecule has 0 bridgehead atoms. The number of rotatable bonds is 8. The van der Waals surface area contributed by atoms with Gasteiger partial charge in [0.2, 0.25) is 0 Å². The van der Waals surface area contributed by atoms with Gasteiger partial charge in [-0.3, -0.25) is 24.3 Å². The van der Waals surface area contributed by atoms with E-state index in [-0.39, 0.29) is 17.2 Å². The zero-order chi connectivity index (χ0) is 31.7. The maximum absolute atomic E-state index is 14.0. The number of carbonyl (C=O) groups is 1. The van der Waals surface area contributed by atoms with Crippen LogP contribution < -0.4 is 24.9 Å². The monoisotopic (exact) mass is 620 g/mol. The van der Waals surface area contributed by atoms with Crippen LogP contribution in [0.2, 0.25) is 0 Å². The van der Waals surface area contributed by atoms with E-state index in [1.165, 1.54) is 22.0 Å². The number of hydrogen-bond donors (Lipinski definition) is 1. The first-order valence-electron chi connectivity index (χ1n) is 14.2. The number of fused-ring (bicyclic) bond motifs is 1. The molecule has 1 N–H and O–H groups in total. The minimum Gasteiger partial charge on any atom is -0.494 e. The predicted octanol–water partition coefficient (Wildman–Crippen LogP) is 5.75. The lowest BCUT2D eigenvalue weighted by atomic mass is 9.95. The molecule has 226 valence electrons. The van der Waals surface area contributed by atoms with E-state index in [1.807, 2.05) is 49.4 Å². The zero-order valence-corrected chi connectivity index (χ0v) is 25.5. The number of ether oxygens (including phenoxy) is 1. The molecule has 3 heterocycles. The minimum atomic E-state index is -0.759. The smallest absolute Gasteiger partial charge is 0.280 e. The summed E-state index contributed by atoms with van der Waals surface area (Å²) in [6.45, 7) is 5.94. The molecular weight excluding hydrogens is 592 g/mol. The van der Waals surface area contributed by atoms with Crippen LogP contribution in [0.5, 0.6) is 5.75 Å². The predicted molar refractivity (Wildman–Crippen MR) is 172 cm³/mol. The maximum Gasteiger partial charge on any atom is 0.280 e. The summed E-state index contributed by atoms with van der Waals surface area (Å²) in [6.07, 6.45) is 1.59. The minimum absolute atomic E-state index is 0.0672. The van der Waals surface area contributed by atoms with E-state index in [2.05, 4.69) is 10.3 Å². The zero-order valence-electron chi connectivity index (χ0n) is 24.6. The Hall–Kier alpha value is -5.55. The van der Waals surface area contributed by atoms with Gasteiger partial charge in [-0.1, -0.05) is 47.7 Å². The van der Waals surface area contributed by atoms with Crippen molar-refractivity contribution in [3.63, 3.8) is 0 Å².